The number of rotatable bonds is 6. The van der Waals surface area contributed by atoms with Gasteiger partial charge in [-0.05, 0) is 42.5 Å². The molecule has 2 aromatic rings. The first kappa shape index (κ1) is 15.6. The number of aromatic nitrogens is 2. The first-order valence-corrected chi connectivity index (χ1v) is 7.49. The Hall–Kier alpha value is -1.81. The minimum absolute atomic E-state index is 0.143. The highest BCUT2D eigenvalue weighted by atomic mass is 35.5. The van der Waals surface area contributed by atoms with Crippen molar-refractivity contribution in [3.05, 3.63) is 52.3 Å². The second-order valence-corrected chi connectivity index (χ2v) is 5.95. The first-order chi connectivity index (χ1) is 10.0. The molecule has 4 nitrogen and oxygen atoms in total. The number of nitrogens with one attached hydrogen (secondary N) is 2. The average molecular weight is 306 g/mol. The lowest BCUT2D eigenvalue weighted by atomic mass is 10.1. The smallest absolute Gasteiger partial charge is 0.271 e. The molecule has 0 aliphatic carbocycles. The maximum absolute atomic E-state index is 12.0. The standard InChI is InChI=1S/C16H20ClN3O/c1-11(2)9-14-10-15(20-19-14)16(21)18-8-7-12-3-5-13(17)6-4-12/h3-6,10-11H,7-9H2,1-2H3,(H,18,21)(H,19,20). The molecule has 5 heteroatoms. The van der Waals surface area contributed by atoms with Crippen LogP contribution in [0.15, 0.2) is 30.3 Å². The van der Waals surface area contributed by atoms with Gasteiger partial charge in [0.15, 0.2) is 0 Å². The predicted molar refractivity (Wildman–Crippen MR) is 84.6 cm³/mol. The van der Waals surface area contributed by atoms with Crippen molar-refractivity contribution in [3.63, 3.8) is 0 Å². The molecule has 0 spiro atoms. The van der Waals surface area contributed by atoms with Crippen LogP contribution in [0.1, 0.15) is 35.6 Å². The van der Waals surface area contributed by atoms with E-state index in [0.717, 1.165) is 29.1 Å². The summed E-state index contributed by atoms with van der Waals surface area (Å²) in [6, 6.07) is 9.44. The van der Waals surface area contributed by atoms with Crippen molar-refractivity contribution in [2.24, 2.45) is 5.92 Å². The van der Waals surface area contributed by atoms with E-state index in [1.165, 1.54) is 0 Å². The molecule has 1 amide bonds. The molecular formula is C16H20ClN3O. The third-order valence-corrected chi connectivity index (χ3v) is 3.36. The lowest BCUT2D eigenvalue weighted by Crippen LogP contribution is -2.26. The fourth-order valence-electron chi connectivity index (χ4n) is 2.08. The zero-order valence-electron chi connectivity index (χ0n) is 12.3. The van der Waals surface area contributed by atoms with Gasteiger partial charge in [-0.3, -0.25) is 9.89 Å². The van der Waals surface area contributed by atoms with E-state index in [0.29, 0.717) is 18.2 Å². The summed E-state index contributed by atoms with van der Waals surface area (Å²) in [5.41, 5.74) is 2.58. The molecule has 0 aliphatic heterocycles. The highest BCUT2D eigenvalue weighted by molar-refractivity contribution is 6.30. The van der Waals surface area contributed by atoms with Gasteiger partial charge in [0, 0.05) is 17.3 Å². The van der Waals surface area contributed by atoms with Gasteiger partial charge < -0.3 is 5.32 Å². The van der Waals surface area contributed by atoms with Gasteiger partial charge in [0.25, 0.3) is 5.91 Å². The quantitative estimate of drug-likeness (QED) is 0.861. The third-order valence-electron chi connectivity index (χ3n) is 3.10. The molecule has 1 aromatic carbocycles. The number of H-pyrrole nitrogens is 1. The summed E-state index contributed by atoms with van der Waals surface area (Å²) in [4.78, 5) is 12.0. The van der Waals surface area contributed by atoms with Crippen LogP contribution < -0.4 is 5.32 Å². The molecule has 0 bridgehead atoms. The van der Waals surface area contributed by atoms with E-state index >= 15 is 0 Å². The second-order valence-electron chi connectivity index (χ2n) is 5.51. The van der Waals surface area contributed by atoms with Crippen LogP contribution in [-0.2, 0) is 12.8 Å². The number of aromatic amines is 1. The predicted octanol–water partition coefficient (Wildman–Crippen LogP) is 3.23. The van der Waals surface area contributed by atoms with Crippen molar-refractivity contribution in [2.45, 2.75) is 26.7 Å². The van der Waals surface area contributed by atoms with Crippen molar-refractivity contribution in [1.82, 2.24) is 15.5 Å². The van der Waals surface area contributed by atoms with Crippen LogP contribution in [0.4, 0.5) is 0 Å². The average Bonchev–Trinajstić information content (AvgIpc) is 2.88. The van der Waals surface area contributed by atoms with Gasteiger partial charge in [-0.1, -0.05) is 37.6 Å². The van der Waals surface area contributed by atoms with Crippen LogP contribution in [0.25, 0.3) is 0 Å². The summed E-state index contributed by atoms with van der Waals surface area (Å²) >= 11 is 5.83. The highest BCUT2D eigenvalue weighted by Gasteiger charge is 2.10. The van der Waals surface area contributed by atoms with Crippen molar-refractivity contribution < 1.29 is 4.79 Å². The molecule has 2 N–H and O–H groups in total. The van der Waals surface area contributed by atoms with Gasteiger partial charge in [0.05, 0.1) is 0 Å². The van der Waals surface area contributed by atoms with E-state index in [9.17, 15) is 4.79 Å². The van der Waals surface area contributed by atoms with Crippen molar-refractivity contribution >= 4 is 17.5 Å². The fraction of sp³-hybridized carbons (Fsp3) is 0.375. The Bertz CT molecular complexity index is 590. The van der Waals surface area contributed by atoms with Gasteiger partial charge >= 0.3 is 0 Å². The number of hydrogen-bond acceptors (Lipinski definition) is 2. The Balaban J connectivity index is 1.81. The number of amides is 1. The van der Waals surface area contributed by atoms with Gasteiger partial charge in [-0.2, -0.15) is 5.10 Å². The largest absolute Gasteiger partial charge is 0.350 e. The van der Waals surface area contributed by atoms with E-state index < -0.39 is 0 Å². The summed E-state index contributed by atoms with van der Waals surface area (Å²) in [7, 11) is 0. The molecule has 0 atom stereocenters. The van der Waals surface area contributed by atoms with Gasteiger partial charge in [0.1, 0.15) is 5.69 Å². The number of halogens is 1. The van der Waals surface area contributed by atoms with E-state index in [1.54, 1.807) is 0 Å². The lowest BCUT2D eigenvalue weighted by Gasteiger charge is -2.03. The molecule has 0 fully saturated rings. The third kappa shape index (κ3) is 4.90. The summed E-state index contributed by atoms with van der Waals surface area (Å²) in [6.07, 6.45) is 1.66. The molecule has 0 unspecified atom stereocenters. The number of carbonyl (C=O) groups excluding carboxylic acids is 1. The molecule has 0 saturated carbocycles. The molecule has 0 aliphatic rings. The van der Waals surface area contributed by atoms with Crippen LogP contribution in [0.3, 0.4) is 0 Å². The van der Waals surface area contributed by atoms with Crippen molar-refractivity contribution in [3.8, 4) is 0 Å². The highest BCUT2D eigenvalue weighted by Crippen LogP contribution is 2.10. The molecular weight excluding hydrogens is 286 g/mol. The van der Waals surface area contributed by atoms with Gasteiger partial charge in [0.2, 0.25) is 0 Å². The maximum Gasteiger partial charge on any atom is 0.271 e. The monoisotopic (exact) mass is 305 g/mol. The minimum atomic E-state index is -0.143. The first-order valence-electron chi connectivity index (χ1n) is 7.11. The zero-order valence-corrected chi connectivity index (χ0v) is 13.1. The molecule has 1 heterocycles. The van der Waals surface area contributed by atoms with E-state index in [2.05, 4.69) is 29.4 Å². The van der Waals surface area contributed by atoms with Crippen LogP contribution in [0, 0.1) is 5.92 Å². The zero-order chi connectivity index (χ0) is 15.2. The molecule has 2 rings (SSSR count). The Kier molecular flexibility index (Phi) is 5.39. The van der Waals surface area contributed by atoms with Gasteiger partial charge in [-0.15, -0.1) is 0 Å². The van der Waals surface area contributed by atoms with Crippen LogP contribution in [-0.4, -0.2) is 22.6 Å². The normalized spacial score (nSPS) is 10.9. The van der Waals surface area contributed by atoms with E-state index in [1.807, 2.05) is 30.3 Å². The van der Waals surface area contributed by atoms with E-state index in [4.69, 9.17) is 11.6 Å². The fourth-order valence-corrected chi connectivity index (χ4v) is 2.21. The Morgan fingerprint density at radius 3 is 2.71 bits per heavy atom. The number of carbonyl (C=O) groups is 1. The molecule has 112 valence electrons. The van der Waals surface area contributed by atoms with Gasteiger partial charge in [-0.25, -0.2) is 0 Å². The summed E-state index contributed by atoms with van der Waals surface area (Å²) in [5, 5.41) is 10.6. The molecule has 0 radical (unpaired) electrons. The van der Waals surface area contributed by atoms with Crippen molar-refractivity contribution in [1.29, 1.82) is 0 Å². The summed E-state index contributed by atoms with van der Waals surface area (Å²) in [5.74, 6) is 0.390. The SMILES string of the molecule is CC(C)Cc1cc(C(=O)NCCc2ccc(Cl)cc2)n[nH]1. The summed E-state index contributed by atoms with van der Waals surface area (Å²) in [6.45, 7) is 4.84. The van der Waals surface area contributed by atoms with Crippen LogP contribution in [0.5, 0.6) is 0 Å². The lowest BCUT2D eigenvalue weighted by molar-refractivity contribution is 0.0949. The second kappa shape index (κ2) is 7.27. The Morgan fingerprint density at radius 2 is 2.05 bits per heavy atom. The topological polar surface area (TPSA) is 57.8 Å². The molecule has 21 heavy (non-hydrogen) atoms. The van der Waals surface area contributed by atoms with Crippen molar-refractivity contribution in [2.75, 3.05) is 6.54 Å². The Morgan fingerprint density at radius 1 is 1.33 bits per heavy atom. The number of hydrogen-bond donors (Lipinski definition) is 2. The van der Waals surface area contributed by atoms with Crippen LogP contribution in [0.2, 0.25) is 5.02 Å². The van der Waals surface area contributed by atoms with E-state index in [-0.39, 0.29) is 5.91 Å². The van der Waals surface area contributed by atoms with Crippen LogP contribution >= 0.6 is 11.6 Å². The molecule has 1 aromatic heterocycles. The number of benzene rings is 1. The summed E-state index contributed by atoms with van der Waals surface area (Å²) < 4.78 is 0. The number of nitrogens with zero attached hydrogens (tertiary/aromatic N) is 1. The molecule has 0 saturated heterocycles. The minimum Gasteiger partial charge on any atom is -0.350 e. The Labute approximate surface area is 129 Å². The maximum atomic E-state index is 12.0.